The van der Waals surface area contributed by atoms with Gasteiger partial charge in [0.2, 0.25) is 0 Å². The minimum Gasteiger partial charge on any atom is -0.391 e. The van der Waals surface area contributed by atoms with Crippen molar-refractivity contribution in [3.05, 3.63) is 35.4 Å². The molecule has 1 aliphatic rings. The Morgan fingerprint density at radius 3 is 2.12 bits per heavy atom. The molecule has 1 aliphatic carbocycles. The summed E-state index contributed by atoms with van der Waals surface area (Å²) in [4.78, 5) is 0. The zero-order valence-electron chi connectivity index (χ0n) is 9.77. The predicted molar refractivity (Wildman–Crippen MR) is 62.7 cm³/mol. The van der Waals surface area contributed by atoms with Crippen LogP contribution in [0.3, 0.4) is 0 Å². The van der Waals surface area contributed by atoms with Gasteiger partial charge in [0, 0.05) is 0 Å². The molecule has 1 atom stereocenters. The topological polar surface area (TPSA) is 44.0 Å². The zero-order chi connectivity index (χ0) is 11.8. The molecule has 16 heavy (non-hydrogen) atoms. The van der Waals surface area contributed by atoms with E-state index in [2.05, 4.69) is 18.2 Å². The van der Waals surface area contributed by atoms with Crippen LogP contribution in [0.25, 0.3) is 0 Å². The number of fused-ring (bicyclic) bond motifs is 1. The summed E-state index contributed by atoms with van der Waals surface area (Å²) in [6, 6.07) is 10.5. The van der Waals surface area contributed by atoms with Crippen molar-refractivity contribution in [3.8, 4) is 6.07 Å². The normalized spacial score (nSPS) is 19.2. The fourth-order valence-corrected chi connectivity index (χ4v) is 2.64. The molecule has 0 saturated carbocycles. The van der Waals surface area contributed by atoms with Gasteiger partial charge in [-0.05, 0) is 29.9 Å². The third-order valence-electron chi connectivity index (χ3n) is 3.55. The van der Waals surface area contributed by atoms with Gasteiger partial charge in [0.15, 0.2) is 0 Å². The Balaban J connectivity index is 2.34. The molecule has 0 radical (unpaired) electrons. The van der Waals surface area contributed by atoms with Crippen molar-refractivity contribution < 1.29 is 5.11 Å². The van der Waals surface area contributed by atoms with Gasteiger partial charge in [0.1, 0.15) is 0 Å². The van der Waals surface area contributed by atoms with Crippen molar-refractivity contribution >= 4 is 0 Å². The van der Waals surface area contributed by atoms with Gasteiger partial charge in [0.25, 0.3) is 0 Å². The summed E-state index contributed by atoms with van der Waals surface area (Å²) in [6.45, 7) is 3.93. The molecule has 2 heteroatoms. The van der Waals surface area contributed by atoms with Gasteiger partial charge in [-0.3, -0.25) is 0 Å². The number of nitrogens with zero attached hydrogens (tertiary/aromatic N) is 1. The van der Waals surface area contributed by atoms with Gasteiger partial charge in [-0.25, -0.2) is 0 Å². The summed E-state index contributed by atoms with van der Waals surface area (Å²) in [5.74, 6) is 0.119. The Hall–Kier alpha value is -1.33. The van der Waals surface area contributed by atoms with Gasteiger partial charge in [-0.2, -0.15) is 5.26 Å². The highest BCUT2D eigenvalue weighted by atomic mass is 16.3. The van der Waals surface area contributed by atoms with Crippen LogP contribution < -0.4 is 0 Å². The molecule has 1 aromatic carbocycles. The van der Waals surface area contributed by atoms with Crippen LogP contribution in [0.15, 0.2) is 24.3 Å². The van der Waals surface area contributed by atoms with E-state index in [1.54, 1.807) is 0 Å². The second kappa shape index (κ2) is 3.92. The maximum Gasteiger partial charge on any atom is 0.0915 e. The smallest absolute Gasteiger partial charge is 0.0915 e. The fraction of sp³-hybridized carbons (Fsp3) is 0.500. The van der Waals surface area contributed by atoms with Gasteiger partial charge in [0.05, 0.1) is 17.6 Å². The standard InChI is InChI=1S/C14H17NO/c1-10(2)13(16)14(9-15)7-11-5-3-4-6-12(11)8-14/h3-6,10,13,16H,7-8H2,1-2H3. The number of benzene rings is 1. The van der Waals surface area contributed by atoms with E-state index >= 15 is 0 Å². The average molecular weight is 215 g/mol. The molecule has 84 valence electrons. The van der Waals surface area contributed by atoms with Crippen molar-refractivity contribution in [3.63, 3.8) is 0 Å². The predicted octanol–water partition coefficient (Wildman–Crippen LogP) is 2.31. The lowest BCUT2D eigenvalue weighted by Gasteiger charge is -2.29. The first-order chi connectivity index (χ1) is 7.59. The molecule has 0 aromatic heterocycles. The SMILES string of the molecule is CC(C)C(O)C1(C#N)Cc2ccccc2C1. The minimum absolute atomic E-state index is 0.119. The number of aliphatic hydroxyl groups excluding tert-OH is 1. The first kappa shape index (κ1) is 11.2. The van der Waals surface area contributed by atoms with Crippen molar-refractivity contribution in [2.24, 2.45) is 11.3 Å². The molecule has 0 spiro atoms. The lowest BCUT2D eigenvalue weighted by Crippen LogP contribution is -2.38. The van der Waals surface area contributed by atoms with Crippen molar-refractivity contribution in [1.29, 1.82) is 5.26 Å². The number of nitriles is 1. The van der Waals surface area contributed by atoms with E-state index in [-0.39, 0.29) is 5.92 Å². The molecule has 2 nitrogen and oxygen atoms in total. The van der Waals surface area contributed by atoms with Crippen LogP contribution in [0.1, 0.15) is 25.0 Å². The quantitative estimate of drug-likeness (QED) is 0.822. The third-order valence-corrected chi connectivity index (χ3v) is 3.55. The number of aliphatic hydroxyl groups is 1. The molecule has 0 aliphatic heterocycles. The summed E-state index contributed by atoms with van der Waals surface area (Å²) in [5, 5.41) is 19.6. The van der Waals surface area contributed by atoms with Crippen LogP contribution >= 0.6 is 0 Å². The highest BCUT2D eigenvalue weighted by molar-refractivity contribution is 5.37. The number of hydrogen-bond acceptors (Lipinski definition) is 2. The van der Waals surface area contributed by atoms with Gasteiger partial charge >= 0.3 is 0 Å². The Bertz CT molecular complexity index is 406. The lowest BCUT2D eigenvalue weighted by atomic mass is 9.76. The van der Waals surface area contributed by atoms with E-state index in [0.717, 1.165) is 0 Å². The molecule has 1 aromatic rings. The van der Waals surface area contributed by atoms with Crippen molar-refractivity contribution in [1.82, 2.24) is 0 Å². The number of rotatable bonds is 2. The molecular formula is C14H17NO. The molecular weight excluding hydrogens is 198 g/mol. The van der Waals surface area contributed by atoms with Crippen LogP contribution in [-0.2, 0) is 12.8 Å². The minimum atomic E-state index is -0.613. The summed E-state index contributed by atoms with van der Waals surface area (Å²) < 4.78 is 0. The Morgan fingerprint density at radius 1 is 1.25 bits per heavy atom. The van der Waals surface area contributed by atoms with Crippen LogP contribution in [0.2, 0.25) is 0 Å². The third kappa shape index (κ3) is 1.62. The van der Waals surface area contributed by atoms with E-state index in [0.29, 0.717) is 12.8 Å². The lowest BCUT2D eigenvalue weighted by molar-refractivity contribution is 0.0306. The number of hydrogen-bond donors (Lipinski definition) is 1. The van der Waals surface area contributed by atoms with E-state index in [1.165, 1.54) is 11.1 Å². The maximum atomic E-state index is 10.2. The maximum absolute atomic E-state index is 10.2. The van der Waals surface area contributed by atoms with Crippen molar-refractivity contribution in [2.45, 2.75) is 32.8 Å². The fourth-order valence-electron chi connectivity index (χ4n) is 2.64. The molecule has 0 fully saturated rings. The van der Waals surface area contributed by atoms with Crippen molar-refractivity contribution in [2.75, 3.05) is 0 Å². The van der Waals surface area contributed by atoms with E-state index in [4.69, 9.17) is 0 Å². The van der Waals surface area contributed by atoms with Gasteiger partial charge < -0.3 is 5.11 Å². The Morgan fingerprint density at radius 2 is 1.75 bits per heavy atom. The summed E-state index contributed by atoms with van der Waals surface area (Å²) >= 11 is 0. The Labute approximate surface area is 96.5 Å². The summed E-state index contributed by atoms with van der Waals surface area (Å²) in [6.07, 6.45) is 0.808. The summed E-state index contributed by atoms with van der Waals surface area (Å²) in [5.41, 5.74) is 1.81. The molecule has 0 saturated heterocycles. The highest BCUT2D eigenvalue weighted by Gasteiger charge is 2.44. The first-order valence-electron chi connectivity index (χ1n) is 5.75. The van der Waals surface area contributed by atoms with E-state index in [1.807, 2.05) is 26.0 Å². The highest BCUT2D eigenvalue weighted by Crippen LogP contribution is 2.41. The van der Waals surface area contributed by atoms with Crippen LogP contribution in [-0.4, -0.2) is 11.2 Å². The molecule has 1 unspecified atom stereocenters. The first-order valence-corrected chi connectivity index (χ1v) is 5.75. The molecule has 1 N–H and O–H groups in total. The van der Waals surface area contributed by atoms with Gasteiger partial charge in [-0.15, -0.1) is 0 Å². The largest absolute Gasteiger partial charge is 0.391 e. The average Bonchev–Trinajstić information content (AvgIpc) is 2.67. The van der Waals surface area contributed by atoms with Crippen LogP contribution in [0.4, 0.5) is 0 Å². The van der Waals surface area contributed by atoms with Gasteiger partial charge in [-0.1, -0.05) is 38.1 Å². The molecule has 0 heterocycles. The molecule has 0 amide bonds. The van der Waals surface area contributed by atoms with E-state index < -0.39 is 11.5 Å². The molecule has 0 bridgehead atoms. The monoisotopic (exact) mass is 215 g/mol. The second-order valence-corrected chi connectivity index (χ2v) is 5.08. The van der Waals surface area contributed by atoms with Crippen LogP contribution in [0.5, 0.6) is 0 Å². The van der Waals surface area contributed by atoms with Crippen LogP contribution in [0, 0.1) is 22.7 Å². The zero-order valence-corrected chi connectivity index (χ0v) is 9.77. The van der Waals surface area contributed by atoms with E-state index in [9.17, 15) is 10.4 Å². The second-order valence-electron chi connectivity index (χ2n) is 5.08. The molecule has 2 rings (SSSR count). The summed E-state index contributed by atoms with van der Waals surface area (Å²) in [7, 11) is 0. The Kier molecular flexibility index (Phi) is 2.73.